The zero-order valence-electron chi connectivity index (χ0n) is 11.3. The highest BCUT2D eigenvalue weighted by atomic mass is 19.1. The maximum Gasteiger partial charge on any atom is 0.292 e. The Bertz CT molecular complexity index is 656. The van der Waals surface area contributed by atoms with E-state index in [4.69, 9.17) is 0 Å². The van der Waals surface area contributed by atoms with E-state index in [0.717, 1.165) is 11.1 Å². The lowest BCUT2D eigenvalue weighted by molar-refractivity contribution is -0.384. The van der Waals surface area contributed by atoms with Crippen LogP contribution in [0.1, 0.15) is 16.7 Å². The molecular formula is C15H15FN2O2. The smallest absolute Gasteiger partial charge is 0.292 e. The molecular weight excluding hydrogens is 259 g/mol. The van der Waals surface area contributed by atoms with Crippen LogP contribution < -0.4 is 5.32 Å². The van der Waals surface area contributed by atoms with Crippen LogP contribution in [-0.2, 0) is 6.54 Å². The minimum Gasteiger partial charge on any atom is -0.375 e. The fourth-order valence-corrected chi connectivity index (χ4v) is 1.89. The second-order valence-corrected chi connectivity index (χ2v) is 4.71. The summed E-state index contributed by atoms with van der Waals surface area (Å²) in [6, 6.07) is 9.89. The van der Waals surface area contributed by atoms with Crippen molar-refractivity contribution in [2.24, 2.45) is 0 Å². The van der Waals surface area contributed by atoms with E-state index in [2.05, 4.69) is 5.32 Å². The van der Waals surface area contributed by atoms with Gasteiger partial charge in [-0.15, -0.1) is 0 Å². The molecule has 2 rings (SSSR count). The van der Waals surface area contributed by atoms with Gasteiger partial charge in [0.05, 0.1) is 4.92 Å². The Morgan fingerprint density at radius 2 is 1.95 bits per heavy atom. The largest absolute Gasteiger partial charge is 0.375 e. The molecule has 0 radical (unpaired) electrons. The third-order valence-corrected chi connectivity index (χ3v) is 3.07. The second-order valence-electron chi connectivity index (χ2n) is 4.71. The summed E-state index contributed by atoms with van der Waals surface area (Å²) >= 11 is 0. The Morgan fingerprint density at radius 3 is 2.60 bits per heavy atom. The van der Waals surface area contributed by atoms with Gasteiger partial charge in [-0.25, -0.2) is 4.39 Å². The summed E-state index contributed by atoms with van der Waals surface area (Å²) in [7, 11) is 0. The van der Waals surface area contributed by atoms with Crippen molar-refractivity contribution in [2.75, 3.05) is 5.32 Å². The molecule has 5 heteroatoms. The van der Waals surface area contributed by atoms with Crippen molar-refractivity contribution >= 4 is 11.4 Å². The van der Waals surface area contributed by atoms with Gasteiger partial charge in [0.2, 0.25) is 0 Å². The molecule has 0 unspecified atom stereocenters. The molecule has 20 heavy (non-hydrogen) atoms. The van der Waals surface area contributed by atoms with E-state index < -0.39 is 4.92 Å². The van der Waals surface area contributed by atoms with Crippen molar-refractivity contribution in [3.8, 4) is 0 Å². The number of benzene rings is 2. The number of anilines is 1. The maximum absolute atomic E-state index is 13.4. The Hall–Kier alpha value is -2.43. The Morgan fingerprint density at radius 1 is 1.20 bits per heavy atom. The highest BCUT2D eigenvalue weighted by Crippen LogP contribution is 2.25. The molecule has 0 aliphatic rings. The number of aryl methyl sites for hydroxylation is 2. The van der Waals surface area contributed by atoms with Gasteiger partial charge in [-0.3, -0.25) is 10.1 Å². The van der Waals surface area contributed by atoms with Gasteiger partial charge < -0.3 is 5.32 Å². The molecule has 0 atom stereocenters. The van der Waals surface area contributed by atoms with Gasteiger partial charge in [0.1, 0.15) is 11.5 Å². The number of rotatable bonds is 4. The Kier molecular flexibility index (Phi) is 3.98. The van der Waals surface area contributed by atoms with Crippen LogP contribution in [0.2, 0.25) is 0 Å². The molecule has 0 aliphatic heterocycles. The summed E-state index contributed by atoms with van der Waals surface area (Å²) in [5, 5.41) is 14.0. The minimum atomic E-state index is -0.426. The molecule has 2 aromatic carbocycles. The molecule has 2 aromatic rings. The molecule has 0 saturated carbocycles. The number of halogens is 1. The summed E-state index contributed by atoms with van der Waals surface area (Å²) in [6.07, 6.45) is 0. The number of nitro groups is 1. The lowest BCUT2D eigenvalue weighted by Crippen LogP contribution is -2.03. The summed E-state index contributed by atoms with van der Waals surface area (Å²) in [6.45, 7) is 3.82. The van der Waals surface area contributed by atoms with E-state index in [-0.39, 0.29) is 11.5 Å². The molecule has 0 aromatic heterocycles. The van der Waals surface area contributed by atoms with E-state index in [0.29, 0.717) is 17.8 Å². The van der Waals surface area contributed by atoms with Gasteiger partial charge in [-0.1, -0.05) is 18.2 Å². The van der Waals surface area contributed by atoms with Crippen molar-refractivity contribution in [1.29, 1.82) is 0 Å². The molecule has 0 fully saturated rings. The van der Waals surface area contributed by atoms with Gasteiger partial charge in [-0.05, 0) is 42.7 Å². The average Bonchev–Trinajstić information content (AvgIpc) is 2.41. The number of nitrogens with one attached hydrogen (secondary N) is 1. The zero-order chi connectivity index (χ0) is 14.7. The third-order valence-electron chi connectivity index (χ3n) is 3.07. The molecule has 4 nitrogen and oxygen atoms in total. The number of hydrogen-bond acceptors (Lipinski definition) is 3. The van der Waals surface area contributed by atoms with Crippen LogP contribution in [0, 0.1) is 29.8 Å². The van der Waals surface area contributed by atoms with Gasteiger partial charge in [-0.2, -0.15) is 0 Å². The minimum absolute atomic E-state index is 0.0255. The number of nitro benzene ring substituents is 1. The summed E-state index contributed by atoms with van der Waals surface area (Å²) in [4.78, 5) is 10.6. The highest BCUT2D eigenvalue weighted by molar-refractivity contribution is 5.62. The monoisotopic (exact) mass is 274 g/mol. The van der Waals surface area contributed by atoms with Gasteiger partial charge in [0.15, 0.2) is 0 Å². The molecule has 0 heterocycles. The first-order valence-corrected chi connectivity index (χ1v) is 6.21. The van der Waals surface area contributed by atoms with Crippen LogP contribution in [0.15, 0.2) is 36.4 Å². The van der Waals surface area contributed by atoms with Crippen molar-refractivity contribution in [1.82, 2.24) is 0 Å². The van der Waals surface area contributed by atoms with Crippen LogP contribution in [0.5, 0.6) is 0 Å². The first kappa shape index (κ1) is 14.0. The quantitative estimate of drug-likeness (QED) is 0.678. The molecule has 0 saturated heterocycles. The van der Waals surface area contributed by atoms with Crippen molar-refractivity contribution in [2.45, 2.75) is 20.4 Å². The normalized spacial score (nSPS) is 10.3. The standard InChI is InChI=1S/C15H15FN2O2/c1-10-3-6-14(15(7-10)18(19)20)17-9-12-5-4-11(2)13(16)8-12/h3-8,17H,9H2,1-2H3. The number of hydrogen-bond donors (Lipinski definition) is 1. The summed E-state index contributed by atoms with van der Waals surface area (Å²) in [5.41, 5.74) is 2.60. The zero-order valence-corrected chi connectivity index (χ0v) is 11.3. The average molecular weight is 274 g/mol. The lowest BCUT2D eigenvalue weighted by Gasteiger charge is -2.08. The van der Waals surface area contributed by atoms with Crippen LogP contribution in [0.25, 0.3) is 0 Å². The molecule has 1 N–H and O–H groups in total. The Balaban J connectivity index is 2.18. The fourth-order valence-electron chi connectivity index (χ4n) is 1.89. The van der Waals surface area contributed by atoms with Crippen LogP contribution in [-0.4, -0.2) is 4.92 Å². The van der Waals surface area contributed by atoms with Crippen molar-refractivity contribution in [3.63, 3.8) is 0 Å². The Labute approximate surface area is 116 Å². The molecule has 104 valence electrons. The predicted octanol–water partition coefficient (Wildman–Crippen LogP) is 3.96. The predicted molar refractivity (Wildman–Crippen MR) is 76.3 cm³/mol. The molecule has 0 bridgehead atoms. The third kappa shape index (κ3) is 3.12. The molecule has 0 amide bonds. The first-order valence-electron chi connectivity index (χ1n) is 6.21. The van der Waals surface area contributed by atoms with E-state index in [1.54, 1.807) is 38.1 Å². The van der Waals surface area contributed by atoms with Crippen molar-refractivity contribution < 1.29 is 9.31 Å². The summed E-state index contributed by atoms with van der Waals surface area (Å²) in [5.74, 6) is -0.275. The van der Waals surface area contributed by atoms with E-state index >= 15 is 0 Å². The lowest BCUT2D eigenvalue weighted by atomic mass is 10.1. The van der Waals surface area contributed by atoms with Gasteiger partial charge >= 0.3 is 0 Å². The van der Waals surface area contributed by atoms with Gasteiger partial charge in [0, 0.05) is 12.6 Å². The van der Waals surface area contributed by atoms with Crippen LogP contribution in [0.4, 0.5) is 15.8 Å². The number of nitrogens with zero attached hydrogens (tertiary/aromatic N) is 1. The fraction of sp³-hybridized carbons (Fsp3) is 0.200. The van der Waals surface area contributed by atoms with E-state index in [9.17, 15) is 14.5 Å². The van der Waals surface area contributed by atoms with Crippen molar-refractivity contribution in [3.05, 3.63) is 69.0 Å². The second kappa shape index (κ2) is 5.69. The maximum atomic E-state index is 13.4. The SMILES string of the molecule is Cc1ccc(NCc2ccc(C)c(F)c2)c([N+](=O)[O-])c1. The molecule has 0 spiro atoms. The van der Waals surface area contributed by atoms with E-state index in [1.807, 2.05) is 0 Å². The van der Waals surface area contributed by atoms with Gasteiger partial charge in [0.25, 0.3) is 5.69 Å². The van der Waals surface area contributed by atoms with E-state index in [1.165, 1.54) is 12.1 Å². The topological polar surface area (TPSA) is 55.2 Å². The van der Waals surface area contributed by atoms with Crippen LogP contribution >= 0.6 is 0 Å². The van der Waals surface area contributed by atoms with Crippen LogP contribution in [0.3, 0.4) is 0 Å². The molecule has 0 aliphatic carbocycles. The highest BCUT2D eigenvalue weighted by Gasteiger charge is 2.13. The summed E-state index contributed by atoms with van der Waals surface area (Å²) < 4.78 is 13.4. The first-order chi connectivity index (χ1) is 9.47.